The first-order chi connectivity index (χ1) is 7.54. The van der Waals surface area contributed by atoms with Crippen LogP contribution in [0.15, 0.2) is 4.79 Å². The molecule has 0 fully saturated rings. The van der Waals surface area contributed by atoms with E-state index in [1.54, 1.807) is 0 Å². The molecule has 1 N–H and O–H groups in total. The maximum absolute atomic E-state index is 12.1. The third-order valence-electron chi connectivity index (χ3n) is 2.47. The van der Waals surface area contributed by atoms with Crippen LogP contribution in [-0.2, 0) is 0 Å². The Morgan fingerprint density at radius 1 is 1.38 bits per heavy atom. The number of nitrogens with zero attached hydrogens (tertiary/aromatic N) is 3. The molecule has 0 spiro atoms. The summed E-state index contributed by atoms with van der Waals surface area (Å²) in [5.74, 6) is 0.468. The number of aryl methyl sites for hydroxylation is 1. The highest BCUT2D eigenvalue weighted by molar-refractivity contribution is 5.34. The molecule has 0 saturated heterocycles. The van der Waals surface area contributed by atoms with Crippen molar-refractivity contribution in [1.29, 1.82) is 0 Å². The molecular weight excluding hydrogens is 208 g/mol. The molecular formula is C10H14N4O2. The van der Waals surface area contributed by atoms with Gasteiger partial charge in [-0.3, -0.25) is 4.79 Å². The van der Waals surface area contributed by atoms with Crippen LogP contribution in [0.1, 0.15) is 31.0 Å². The minimum absolute atomic E-state index is 0.117. The van der Waals surface area contributed by atoms with Crippen LogP contribution in [0.2, 0.25) is 0 Å². The fourth-order valence-electron chi connectivity index (χ4n) is 1.77. The fourth-order valence-corrected chi connectivity index (χ4v) is 1.77. The minimum Gasteiger partial charge on any atom is -0.467 e. The molecule has 2 rings (SSSR count). The number of fused-ring (bicyclic) bond motifs is 1. The van der Waals surface area contributed by atoms with Crippen LogP contribution in [0.3, 0.4) is 0 Å². The molecule has 0 saturated carbocycles. The number of aromatic nitrogens is 4. The monoisotopic (exact) mass is 222 g/mol. The van der Waals surface area contributed by atoms with Gasteiger partial charge in [0.2, 0.25) is 0 Å². The lowest BCUT2D eigenvalue weighted by molar-refractivity contribution is 0.380. The van der Waals surface area contributed by atoms with E-state index in [0.717, 1.165) is 0 Å². The van der Waals surface area contributed by atoms with Gasteiger partial charge < -0.3 is 4.74 Å². The molecule has 2 heterocycles. The molecule has 0 atom stereocenters. The average Bonchev–Trinajstić information content (AvgIpc) is 2.60. The van der Waals surface area contributed by atoms with Gasteiger partial charge in [0.25, 0.3) is 11.3 Å². The van der Waals surface area contributed by atoms with E-state index in [2.05, 4.69) is 15.1 Å². The van der Waals surface area contributed by atoms with Gasteiger partial charge in [0.1, 0.15) is 0 Å². The van der Waals surface area contributed by atoms with E-state index in [9.17, 15) is 4.79 Å². The molecule has 6 heteroatoms. The zero-order chi connectivity index (χ0) is 11.9. The van der Waals surface area contributed by atoms with Gasteiger partial charge in [-0.1, -0.05) is 13.8 Å². The van der Waals surface area contributed by atoms with Gasteiger partial charge in [0.15, 0.2) is 0 Å². The normalized spacial score (nSPS) is 11.3. The van der Waals surface area contributed by atoms with Crippen LogP contribution >= 0.6 is 0 Å². The summed E-state index contributed by atoms with van der Waals surface area (Å²) in [4.78, 5) is 20.4. The lowest BCUT2D eigenvalue weighted by Gasteiger charge is -2.06. The molecule has 6 nitrogen and oxygen atoms in total. The molecule has 0 aliphatic carbocycles. The number of hydrogen-bond donors (Lipinski definition) is 1. The minimum atomic E-state index is -0.117. The van der Waals surface area contributed by atoms with Crippen molar-refractivity contribution in [1.82, 2.24) is 19.6 Å². The van der Waals surface area contributed by atoms with Gasteiger partial charge in [0.05, 0.1) is 12.8 Å². The number of nitrogens with one attached hydrogen (secondary N) is 1. The Bertz CT molecular complexity index is 582. The van der Waals surface area contributed by atoms with Crippen LogP contribution in [0, 0.1) is 6.92 Å². The molecule has 0 aromatic carbocycles. The second-order valence-electron chi connectivity index (χ2n) is 3.94. The average molecular weight is 222 g/mol. The number of ether oxygens (including phenoxy) is 1. The molecule has 0 amide bonds. The van der Waals surface area contributed by atoms with E-state index >= 15 is 0 Å². The lowest BCUT2D eigenvalue weighted by atomic mass is 10.0. The number of H-pyrrole nitrogens is 1. The van der Waals surface area contributed by atoms with Crippen molar-refractivity contribution < 1.29 is 4.74 Å². The predicted molar refractivity (Wildman–Crippen MR) is 59.0 cm³/mol. The SMILES string of the molecule is COc1nc2nc(C)c(C(C)C)c(=O)n2[nH]1. The van der Waals surface area contributed by atoms with Crippen molar-refractivity contribution in [2.45, 2.75) is 26.7 Å². The van der Waals surface area contributed by atoms with E-state index < -0.39 is 0 Å². The van der Waals surface area contributed by atoms with Gasteiger partial charge in [-0.15, -0.1) is 0 Å². The van der Waals surface area contributed by atoms with Crippen LogP contribution in [0.25, 0.3) is 5.78 Å². The standard InChI is InChI=1S/C10H14N4O2/c1-5(2)7-6(3)11-9-12-10(16-4)13-14(9)8(7)15/h5H,1-4H3,(H,11,12,13). The first kappa shape index (κ1) is 10.7. The molecule has 16 heavy (non-hydrogen) atoms. The third kappa shape index (κ3) is 1.46. The summed E-state index contributed by atoms with van der Waals surface area (Å²) < 4.78 is 6.23. The summed E-state index contributed by atoms with van der Waals surface area (Å²) in [5, 5.41) is 2.74. The summed E-state index contributed by atoms with van der Waals surface area (Å²) >= 11 is 0. The van der Waals surface area contributed by atoms with Crippen LogP contribution in [0.5, 0.6) is 6.01 Å². The number of hydrogen-bond acceptors (Lipinski definition) is 4. The molecule has 2 aromatic heterocycles. The van der Waals surface area contributed by atoms with Crippen molar-refractivity contribution in [3.05, 3.63) is 21.6 Å². The van der Waals surface area contributed by atoms with E-state index in [1.165, 1.54) is 11.6 Å². The number of methoxy groups -OCH3 is 1. The smallest absolute Gasteiger partial charge is 0.312 e. The summed E-state index contributed by atoms with van der Waals surface area (Å²) in [5.41, 5.74) is 1.30. The van der Waals surface area contributed by atoms with Crippen molar-refractivity contribution in [2.24, 2.45) is 0 Å². The van der Waals surface area contributed by atoms with Crippen molar-refractivity contribution in [3.8, 4) is 6.01 Å². The third-order valence-corrected chi connectivity index (χ3v) is 2.47. The zero-order valence-corrected chi connectivity index (χ0v) is 9.74. The second-order valence-corrected chi connectivity index (χ2v) is 3.94. The number of rotatable bonds is 2. The number of aromatic amines is 1. The molecule has 0 radical (unpaired) electrons. The highest BCUT2D eigenvalue weighted by atomic mass is 16.5. The zero-order valence-electron chi connectivity index (χ0n) is 9.74. The topological polar surface area (TPSA) is 72.3 Å². The maximum atomic E-state index is 12.1. The second kappa shape index (κ2) is 3.62. The van der Waals surface area contributed by atoms with Crippen LogP contribution in [0.4, 0.5) is 0 Å². The van der Waals surface area contributed by atoms with E-state index in [0.29, 0.717) is 17.0 Å². The van der Waals surface area contributed by atoms with Crippen LogP contribution in [-0.4, -0.2) is 26.7 Å². The molecule has 2 aromatic rings. The Morgan fingerprint density at radius 2 is 2.06 bits per heavy atom. The van der Waals surface area contributed by atoms with E-state index in [-0.39, 0.29) is 17.5 Å². The van der Waals surface area contributed by atoms with Gasteiger partial charge in [-0.2, -0.15) is 9.50 Å². The van der Waals surface area contributed by atoms with Crippen LogP contribution < -0.4 is 10.3 Å². The highest BCUT2D eigenvalue weighted by Gasteiger charge is 2.15. The molecule has 0 unspecified atom stereocenters. The summed E-state index contributed by atoms with van der Waals surface area (Å²) in [6, 6.07) is 0.282. The molecule has 0 aliphatic rings. The van der Waals surface area contributed by atoms with Gasteiger partial charge in [0, 0.05) is 5.56 Å². The Hall–Kier alpha value is -1.85. The van der Waals surface area contributed by atoms with Gasteiger partial charge in [-0.25, -0.2) is 10.1 Å². The van der Waals surface area contributed by atoms with Crippen molar-refractivity contribution in [3.63, 3.8) is 0 Å². The molecule has 0 bridgehead atoms. The Labute approximate surface area is 92.3 Å². The first-order valence-electron chi connectivity index (χ1n) is 5.08. The summed E-state index contributed by atoms with van der Waals surface area (Å²) in [7, 11) is 1.49. The Balaban J connectivity index is 2.82. The van der Waals surface area contributed by atoms with Crippen molar-refractivity contribution >= 4 is 5.78 Å². The Kier molecular flexibility index (Phi) is 2.41. The van der Waals surface area contributed by atoms with Gasteiger partial charge >= 0.3 is 6.01 Å². The molecule has 86 valence electrons. The maximum Gasteiger partial charge on any atom is 0.312 e. The summed E-state index contributed by atoms with van der Waals surface area (Å²) in [6.07, 6.45) is 0. The predicted octanol–water partition coefficient (Wildman–Crippen LogP) is 0.858. The highest BCUT2D eigenvalue weighted by Crippen LogP contribution is 2.14. The summed E-state index contributed by atoms with van der Waals surface area (Å²) in [6.45, 7) is 5.74. The van der Waals surface area contributed by atoms with Gasteiger partial charge in [-0.05, 0) is 12.8 Å². The Morgan fingerprint density at radius 3 is 2.62 bits per heavy atom. The largest absolute Gasteiger partial charge is 0.467 e. The first-order valence-corrected chi connectivity index (χ1v) is 5.08. The quantitative estimate of drug-likeness (QED) is 0.817. The van der Waals surface area contributed by atoms with Crippen molar-refractivity contribution in [2.75, 3.05) is 7.11 Å². The fraction of sp³-hybridized carbons (Fsp3) is 0.500. The lowest BCUT2D eigenvalue weighted by Crippen LogP contribution is -2.22. The van der Waals surface area contributed by atoms with E-state index in [1.807, 2.05) is 20.8 Å². The van der Waals surface area contributed by atoms with E-state index in [4.69, 9.17) is 4.74 Å². The molecule has 0 aliphatic heterocycles.